The Morgan fingerprint density at radius 1 is 1.05 bits per heavy atom. The van der Waals surface area contributed by atoms with Crippen LogP contribution in [0, 0.1) is 0 Å². The van der Waals surface area contributed by atoms with Crippen molar-refractivity contribution in [2.75, 3.05) is 18.1 Å². The highest BCUT2D eigenvalue weighted by atomic mass is 16.6. The first kappa shape index (κ1) is 25.8. The summed E-state index contributed by atoms with van der Waals surface area (Å²) in [6, 6.07) is 9.04. The molecule has 4 unspecified atom stereocenters. The quantitative estimate of drug-likeness (QED) is 0.228. The van der Waals surface area contributed by atoms with Gasteiger partial charge >= 0.3 is 5.69 Å². The molecule has 38 heavy (non-hydrogen) atoms. The Labute approximate surface area is 216 Å². The van der Waals surface area contributed by atoms with Crippen molar-refractivity contribution in [3.63, 3.8) is 0 Å². The first-order chi connectivity index (χ1) is 18.0. The highest BCUT2D eigenvalue weighted by molar-refractivity contribution is 5.53. The number of phenols is 4. The van der Waals surface area contributed by atoms with Crippen molar-refractivity contribution in [3.05, 3.63) is 69.8 Å². The molecule has 1 saturated heterocycles. The van der Waals surface area contributed by atoms with E-state index in [4.69, 9.17) is 4.74 Å². The number of aromatic hydroxyl groups is 4. The molecule has 0 amide bonds. The van der Waals surface area contributed by atoms with Crippen LogP contribution in [0.3, 0.4) is 0 Å². The number of aliphatic hydroxyl groups excluding tert-OH is 2. The van der Waals surface area contributed by atoms with Crippen LogP contribution in [-0.4, -0.2) is 76.3 Å². The third kappa shape index (κ3) is 4.41. The molecule has 0 saturated carbocycles. The van der Waals surface area contributed by atoms with Crippen LogP contribution in [0.25, 0.3) is 0 Å². The van der Waals surface area contributed by atoms with Crippen LogP contribution in [0.2, 0.25) is 0 Å². The smallest absolute Gasteiger partial charge is 0.351 e. The van der Waals surface area contributed by atoms with Gasteiger partial charge in [0.15, 0.2) is 29.2 Å². The Kier molecular flexibility index (Phi) is 6.43. The van der Waals surface area contributed by atoms with Crippen molar-refractivity contribution in [1.29, 1.82) is 0 Å². The number of anilines is 1. The zero-order valence-corrected chi connectivity index (χ0v) is 20.5. The molecule has 12 heteroatoms. The fourth-order valence-corrected chi connectivity index (χ4v) is 5.27. The Balaban J connectivity index is 1.47. The minimum Gasteiger partial charge on any atom is -0.504 e. The second-order valence-corrected chi connectivity index (χ2v) is 10.0. The predicted octanol–water partition coefficient (Wildman–Crippen LogP) is 0.414. The maximum Gasteiger partial charge on any atom is 0.351 e. The average molecular weight is 528 g/mol. The minimum absolute atomic E-state index is 0.238. The van der Waals surface area contributed by atoms with Crippen molar-refractivity contribution < 1.29 is 40.5 Å². The van der Waals surface area contributed by atoms with E-state index in [1.54, 1.807) is 12.1 Å². The number of aliphatic hydroxyl groups is 3. The molecule has 202 valence electrons. The fourth-order valence-electron chi connectivity index (χ4n) is 5.27. The summed E-state index contributed by atoms with van der Waals surface area (Å²) in [5, 5.41) is 70.3. The lowest BCUT2D eigenvalue weighted by Crippen LogP contribution is -2.46. The van der Waals surface area contributed by atoms with E-state index >= 15 is 0 Å². The number of benzene rings is 2. The topological polar surface area (TPSA) is 189 Å². The number of ether oxygens (including phenoxy) is 1. The normalized spacial score (nSPS) is 26.9. The van der Waals surface area contributed by atoms with Gasteiger partial charge in [0.05, 0.1) is 6.61 Å². The van der Waals surface area contributed by atoms with Crippen molar-refractivity contribution in [1.82, 2.24) is 9.55 Å². The molecule has 0 bridgehead atoms. The highest BCUT2D eigenvalue weighted by Crippen LogP contribution is 2.40. The van der Waals surface area contributed by atoms with E-state index in [0.29, 0.717) is 24.3 Å². The van der Waals surface area contributed by atoms with Crippen LogP contribution in [0.1, 0.15) is 35.8 Å². The SMILES string of the molecule is C[C@@]1(O)C(O)C(CO)OC1n1ccc(N2Cc3cc(O)c(O)cc3C(Cc3ccc(O)c(O)c3)C2)nc1=O. The van der Waals surface area contributed by atoms with E-state index in [-0.39, 0.29) is 35.5 Å². The van der Waals surface area contributed by atoms with E-state index < -0.39 is 36.3 Å². The summed E-state index contributed by atoms with van der Waals surface area (Å²) in [5.74, 6) is -0.962. The van der Waals surface area contributed by atoms with Crippen LogP contribution >= 0.6 is 0 Å². The molecule has 5 rings (SSSR count). The van der Waals surface area contributed by atoms with Gasteiger partial charge in [0.25, 0.3) is 0 Å². The molecule has 12 nitrogen and oxygen atoms in total. The van der Waals surface area contributed by atoms with Gasteiger partial charge in [-0.2, -0.15) is 4.98 Å². The molecule has 1 fully saturated rings. The summed E-state index contributed by atoms with van der Waals surface area (Å²) in [6.45, 7) is 1.43. The molecule has 7 N–H and O–H groups in total. The molecule has 3 heterocycles. The van der Waals surface area contributed by atoms with Crippen LogP contribution < -0.4 is 10.6 Å². The number of rotatable bonds is 5. The van der Waals surface area contributed by atoms with Gasteiger partial charge in [0.1, 0.15) is 23.6 Å². The first-order valence-corrected chi connectivity index (χ1v) is 12.1. The van der Waals surface area contributed by atoms with Crippen LogP contribution in [0.5, 0.6) is 23.0 Å². The minimum atomic E-state index is -1.84. The Bertz CT molecular complexity index is 1420. The van der Waals surface area contributed by atoms with E-state index in [2.05, 4.69) is 4.98 Å². The lowest BCUT2D eigenvalue weighted by molar-refractivity contribution is -0.0987. The predicted molar refractivity (Wildman–Crippen MR) is 133 cm³/mol. The summed E-state index contributed by atoms with van der Waals surface area (Å²) in [4.78, 5) is 19.0. The highest BCUT2D eigenvalue weighted by Gasteiger charge is 2.53. The zero-order valence-electron chi connectivity index (χ0n) is 20.5. The van der Waals surface area contributed by atoms with Gasteiger partial charge in [-0.1, -0.05) is 6.07 Å². The molecular weight excluding hydrogens is 498 g/mol. The van der Waals surface area contributed by atoms with Gasteiger partial charge in [-0.25, -0.2) is 4.79 Å². The number of hydrogen-bond acceptors (Lipinski definition) is 11. The summed E-state index contributed by atoms with van der Waals surface area (Å²) in [6.07, 6.45) is -1.93. The van der Waals surface area contributed by atoms with Gasteiger partial charge in [-0.05, 0) is 60.4 Å². The summed E-state index contributed by atoms with van der Waals surface area (Å²) in [5.41, 5.74) is -0.354. The molecule has 2 aliphatic heterocycles. The largest absolute Gasteiger partial charge is 0.504 e. The molecule has 2 aliphatic rings. The zero-order chi connectivity index (χ0) is 27.4. The molecular formula is C26H29N3O9. The van der Waals surface area contributed by atoms with Gasteiger partial charge in [-0.3, -0.25) is 4.57 Å². The fraction of sp³-hybridized carbons (Fsp3) is 0.385. The van der Waals surface area contributed by atoms with Crippen LogP contribution in [0.15, 0.2) is 47.4 Å². The van der Waals surface area contributed by atoms with Gasteiger partial charge in [0.2, 0.25) is 0 Å². The number of hydrogen-bond donors (Lipinski definition) is 7. The number of aromatic nitrogens is 2. The molecule has 0 aliphatic carbocycles. The summed E-state index contributed by atoms with van der Waals surface area (Å²) >= 11 is 0. The second kappa shape index (κ2) is 9.48. The third-order valence-corrected chi connectivity index (χ3v) is 7.33. The molecule has 3 aromatic rings. The van der Waals surface area contributed by atoms with Crippen molar-refractivity contribution in [2.45, 2.75) is 49.8 Å². The molecule has 1 aromatic heterocycles. The van der Waals surface area contributed by atoms with Crippen molar-refractivity contribution in [3.8, 4) is 23.0 Å². The van der Waals surface area contributed by atoms with Crippen molar-refractivity contribution >= 4 is 5.82 Å². The third-order valence-electron chi connectivity index (χ3n) is 7.33. The first-order valence-electron chi connectivity index (χ1n) is 12.1. The molecule has 2 aromatic carbocycles. The van der Waals surface area contributed by atoms with Crippen molar-refractivity contribution in [2.24, 2.45) is 0 Å². The summed E-state index contributed by atoms with van der Waals surface area (Å²) < 4.78 is 6.59. The molecule has 0 spiro atoms. The average Bonchev–Trinajstić information content (AvgIpc) is 3.10. The van der Waals surface area contributed by atoms with Gasteiger partial charge in [0, 0.05) is 25.2 Å². The van der Waals surface area contributed by atoms with E-state index in [0.717, 1.165) is 15.7 Å². The summed E-state index contributed by atoms with van der Waals surface area (Å²) in [7, 11) is 0. The Morgan fingerprint density at radius 3 is 2.42 bits per heavy atom. The number of fused-ring (bicyclic) bond motifs is 1. The lowest BCUT2D eigenvalue weighted by Gasteiger charge is -2.36. The standard InChI is InChI=1S/C26H29N3O9/c1-26(37)23(35)21(12-30)38-24(26)29-5-4-22(27-25(29)36)28-10-14(6-13-2-3-17(31)18(32)7-13)16-9-20(34)19(33)8-15(16)11-28/h2-5,7-9,14,21,23-24,30-35,37H,6,10-12H2,1H3/t14?,21?,23?,24?,26-/m1/s1. The van der Waals surface area contributed by atoms with E-state index in [1.807, 2.05) is 4.90 Å². The molecule has 0 radical (unpaired) electrons. The van der Waals surface area contributed by atoms with E-state index in [9.17, 15) is 40.5 Å². The number of phenolic OH excluding ortho intramolecular Hbond substituents is 4. The molecule has 5 atom stereocenters. The van der Waals surface area contributed by atoms with E-state index in [1.165, 1.54) is 37.4 Å². The second-order valence-electron chi connectivity index (χ2n) is 10.0. The Morgan fingerprint density at radius 2 is 1.76 bits per heavy atom. The lowest BCUT2D eigenvalue weighted by atomic mass is 9.85. The Hall–Kier alpha value is -3.84. The number of nitrogens with zero attached hydrogens (tertiary/aromatic N) is 3. The van der Waals surface area contributed by atoms with Crippen LogP contribution in [-0.2, 0) is 17.7 Å². The maximum atomic E-state index is 13.0. The monoisotopic (exact) mass is 527 g/mol. The van der Waals surface area contributed by atoms with Gasteiger partial charge < -0.3 is 45.4 Å². The van der Waals surface area contributed by atoms with Crippen LogP contribution in [0.4, 0.5) is 5.82 Å². The maximum absolute atomic E-state index is 13.0. The van der Waals surface area contributed by atoms with Gasteiger partial charge in [-0.15, -0.1) is 0 Å².